The highest BCUT2D eigenvalue weighted by Gasteiger charge is 2.28. The van der Waals surface area contributed by atoms with E-state index in [2.05, 4.69) is 5.32 Å². The van der Waals surface area contributed by atoms with Crippen molar-refractivity contribution in [3.8, 4) is 0 Å². The highest BCUT2D eigenvalue weighted by atomic mass is 35.5. The van der Waals surface area contributed by atoms with Crippen LogP contribution in [0.5, 0.6) is 0 Å². The molecule has 0 unspecified atom stereocenters. The van der Waals surface area contributed by atoms with Crippen molar-refractivity contribution in [2.45, 2.75) is 25.7 Å². The van der Waals surface area contributed by atoms with E-state index in [4.69, 9.17) is 16.3 Å². The molecule has 3 rings (SSSR count). The molecule has 0 spiro atoms. The summed E-state index contributed by atoms with van der Waals surface area (Å²) in [6.07, 6.45) is 0. The second kappa shape index (κ2) is 10.7. The van der Waals surface area contributed by atoms with Crippen LogP contribution >= 0.6 is 11.6 Å². The molecular weight excluding hydrogens is 476 g/mol. The summed E-state index contributed by atoms with van der Waals surface area (Å²) >= 11 is 6.17. The number of ether oxygens (including phenoxy) is 1. The van der Waals surface area contributed by atoms with Gasteiger partial charge >= 0.3 is 5.97 Å². The Morgan fingerprint density at radius 3 is 2.32 bits per heavy atom. The smallest absolute Gasteiger partial charge is 0.339 e. The average molecular weight is 501 g/mol. The molecule has 3 aromatic carbocycles. The zero-order chi connectivity index (χ0) is 24.9. The number of esters is 1. The summed E-state index contributed by atoms with van der Waals surface area (Å²) in [6, 6.07) is 17.6. The summed E-state index contributed by atoms with van der Waals surface area (Å²) in [6.45, 7) is 5.13. The number of rotatable bonds is 8. The van der Waals surface area contributed by atoms with Gasteiger partial charge in [-0.2, -0.15) is 0 Å². The van der Waals surface area contributed by atoms with E-state index in [0.29, 0.717) is 16.9 Å². The van der Waals surface area contributed by atoms with Crippen LogP contribution in [0.4, 0.5) is 11.4 Å². The van der Waals surface area contributed by atoms with Crippen molar-refractivity contribution < 1.29 is 22.7 Å². The predicted octanol–water partition coefficient (Wildman–Crippen LogP) is 4.97. The Bertz CT molecular complexity index is 1310. The molecule has 0 aliphatic carbocycles. The van der Waals surface area contributed by atoms with Gasteiger partial charge in [0, 0.05) is 5.69 Å². The number of halogens is 1. The minimum atomic E-state index is -4.02. The molecule has 7 nitrogen and oxygen atoms in total. The lowest BCUT2D eigenvalue weighted by Gasteiger charge is -2.26. The number of benzene rings is 3. The maximum atomic E-state index is 13.5. The highest BCUT2D eigenvalue weighted by Crippen LogP contribution is 2.28. The fraction of sp³-hybridized carbons (Fsp3) is 0.200. The number of nitrogens with zero attached hydrogens (tertiary/aromatic N) is 1. The third-order valence-electron chi connectivity index (χ3n) is 4.99. The standard InChI is InChI=1S/C25H25ClN2O5S/c1-4-33-25(30)21-12-11-19(15-22(21)26)27-24(29)16-28(23-13-10-17(2)14-18(23)3)34(31,32)20-8-6-5-7-9-20/h5-15H,4,16H2,1-3H3,(H,27,29). The Kier molecular flexibility index (Phi) is 7.96. The molecule has 0 aromatic heterocycles. The van der Waals surface area contributed by atoms with Crippen molar-refractivity contribution in [1.29, 1.82) is 0 Å². The SMILES string of the molecule is CCOC(=O)c1ccc(NC(=O)CN(c2ccc(C)cc2C)S(=O)(=O)c2ccccc2)cc1Cl. The quantitative estimate of drug-likeness (QED) is 0.441. The number of carbonyl (C=O) groups excluding carboxylic acids is 2. The van der Waals surface area contributed by atoms with E-state index in [1.54, 1.807) is 44.2 Å². The molecule has 1 amide bonds. The summed E-state index contributed by atoms with van der Waals surface area (Å²) in [7, 11) is -4.02. The van der Waals surface area contributed by atoms with Crippen LogP contribution in [-0.4, -0.2) is 33.4 Å². The molecule has 0 radical (unpaired) electrons. The number of hydrogen-bond acceptors (Lipinski definition) is 5. The maximum Gasteiger partial charge on any atom is 0.339 e. The van der Waals surface area contributed by atoms with E-state index in [1.165, 1.54) is 30.3 Å². The summed E-state index contributed by atoms with van der Waals surface area (Å²) in [5, 5.41) is 2.76. The minimum absolute atomic E-state index is 0.0737. The lowest BCUT2D eigenvalue weighted by Crippen LogP contribution is -2.38. The van der Waals surface area contributed by atoms with Crippen molar-refractivity contribution in [1.82, 2.24) is 0 Å². The van der Waals surface area contributed by atoms with E-state index < -0.39 is 28.4 Å². The van der Waals surface area contributed by atoms with Crippen LogP contribution < -0.4 is 9.62 Å². The normalized spacial score (nSPS) is 11.1. The highest BCUT2D eigenvalue weighted by molar-refractivity contribution is 7.92. The minimum Gasteiger partial charge on any atom is -0.462 e. The average Bonchev–Trinajstić information content (AvgIpc) is 2.78. The Labute approximate surface area is 204 Å². The first-order valence-electron chi connectivity index (χ1n) is 10.5. The fourth-order valence-electron chi connectivity index (χ4n) is 3.40. The van der Waals surface area contributed by atoms with E-state index in [0.717, 1.165) is 9.87 Å². The second-order valence-corrected chi connectivity index (χ2v) is 9.85. The van der Waals surface area contributed by atoms with Crippen LogP contribution in [0.25, 0.3) is 0 Å². The van der Waals surface area contributed by atoms with Crippen LogP contribution in [0.1, 0.15) is 28.4 Å². The zero-order valence-electron chi connectivity index (χ0n) is 19.0. The van der Waals surface area contributed by atoms with E-state index in [9.17, 15) is 18.0 Å². The summed E-state index contributed by atoms with van der Waals surface area (Å²) in [5.74, 6) is -1.14. The molecule has 34 heavy (non-hydrogen) atoms. The molecule has 0 aliphatic rings. The third-order valence-corrected chi connectivity index (χ3v) is 7.07. The molecule has 0 atom stereocenters. The van der Waals surface area contributed by atoms with Crippen LogP contribution in [-0.2, 0) is 19.6 Å². The van der Waals surface area contributed by atoms with Crippen molar-refractivity contribution >= 4 is 44.9 Å². The van der Waals surface area contributed by atoms with Crippen LogP contribution in [0.2, 0.25) is 5.02 Å². The van der Waals surface area contributed by atoms with Crippen LogP contribution in [0, 0.1) is 13.8 Å². The summed E-state index contributed by atoms with van der Waals surface area (Å²) in [4.78, 5) is 24.9. The first-order chi connectivity index (χ1) is 16.1. The van der Waals surface area contributed by atoms with Crippen LogP contribution in [0.15, 0.2) is 71.6 Å². The largest absolute Gasteiger partial charge is 0.462 e. The lowest BCUT2D eigenvalue weighted by molar-refractivity contribution is -0.114. The number of sulfonamides is 1. The Hall–Kier alpha value is -3.36. The topological polar surface area (TPSA) is 92.8 Å². The number of nitrogens with one attached hydrogen (secondary N) is 1. The monoisotopic (exact) mass is 500 g/mol. The van der Waals surface area contributed by atoms with Gasteiger partial charge in [-0.3, -0.25) is 9.10 Å². The van der Waals surface area contributed by atoms with E-state index in [1.807, 2.05) is 13.0 Å². The number of aryl methyl sites for hydroxylation is 2. The Morgan fingerprint density at radius 1 is 1.00 bits per heavy atom. The van der Waals surface area contributed by atoms with Gasteiger partial charge in [0.25, 0.3) is 10.0 Å². The van der Waals surface area contributed by atoms with Gasteiger partial charge < -0.3 is 10.1 Å². The van der Waals surface area contributed by atoms with Gasteiger partial charge in [0.2, 0.25) is 5.91 Å². The number of hydrogen-bond donors (Lipinski definition) is 1. The van der Waals surface area contributed by atoms with Gasteiger partial charge in [-0.05, 0) is 62.7 Å². The molecule has 0 saturated carbocycles. The molecule has 0 fully saturated rings. The number of carbonyl (C=O) groups is 2. The molecule has 178 valence electrons. The van der Waals surface area contributed by atoms with Crippen molar-refractivity contribution in [3.05, 3.63) is 88.4 Å². The van der Waals surface area contributed by atoms with Crippen molar-refractivity contribution in [2.24, 2.45) is 0 Å². The molecule has 0 bridgehead atoms. The van der Waals surface area contributed by atoms with Gasteiger partial charge in [0.05, 0.1) is 27.8 Å². The third kappa shape index (κ3) is 5.76. The molecule has 0 saturated heterocycles. The molecule has 9 heteroatoms. The molecule has 1 N–H and O–H groups in total. The van der Waals surface area contributed by atoms with E-state index in [-0.39, 0.29) is 22.1 Å². The molecule has 3 aromatic rings. The Balaban J connectivity index is 1.90. The maximum absolute atomic E-state index is 13.5. The Morgan fingerprint density at radius 2 is 1.71 bits per heavy atom. The van der Waals surface area contributed by atoms with Gasteiger partial charge in [-0.1, -0.05) is 47.5 Å². The fourth-order valence-corrected chi connectivity index (χ4v) is 5.17. The summed E-state index contributed by atoms with van der Waals surface area (Å²) in [5.41, 5.74) is 2.58. The number of anilines is 2. The first kappa shape index (κ1) is 25.3. The molecule has 0 heterocycles. The predicted molar refractivity (Wildman–Crippen MR) is 133 cm³/mol. The van der Waals surface area contributed by atoms with Crippen molar-refractivity contribution in [3.63, 3.8) is 0 Å². The van der Waals surface area contributed by atoms with E-state index >= 15 is 0 Å². The number of amides is 1. The van der Waals surface area contributed by atoms with Gasteiger partial charge in [0.1, 0.15) is 6.54 Å². The first-order valence-corrected chi connectivity index (χ1v) is 12.4. The zero-order valence-corrected chi connectivity index (χ0v) is 20.6. The molecule has 0 aliphatic heterocycles. The van der Waals surface area contributed by atoms with Gasteiger partial charge in [0.15, 0.2) is 0 Å². The van der Waals surface area contributed by atoms with Gasteiger partial charge in [-0.25, -0.2) is 13.2 Å². The van der Waals surface area contributed by atoms with Crippen LogP contribution in [0.3, 0.4) is 0 Å². The summed E-state index contributed by atoms with van der Waals surface area (Å²) < 4.78 is 33.0. The molecular formula is C25H25ClN2O5S. The second-order valence-electron chi connectivity index (χ2n) is 7.58. The van der Waals surface area contributed by atoms with Crippen molar-refractivity contribution in [2.75, 3.05) is 22.8 Å². The lowest BCUT2D eigenvalue weighted by atomic mass is 10.1. The van der Waals surface area contributed by atoms with Gasteiger partial charge in [-0.15, -0.1) is 0 Å².